The fourth-order valence-corrected chi connectivity index (χ4v) is 3.06. The van der Waals surface area contributed by atoms with E-state index in [0.717, 1.165) is 36.4 Å². The molecule has 1 fully saturated rings. The number of halogens is 1. The molecule has 2 rings (SSSR count). The molecule has 1 unspecified atom stereocenters. The van der Waals surface area contributed by atoms with Crippen LogP contribution in [0.4, 0.5) is 0 Å². The summed E-state index contributed by atoms with van der Waals surface area (Å²) in [6.45, 7) is 7.53. The predicted molar refractivity (Wildman–Crippen MR) is 100 cm³/mol. The van der Waals surface area contributed by atoms with Gasteiger partial charge in [-0.05, 0) is 51.4 Å². The Morgan fingerprint density at radius 3 is 2.71 bits per heavy atom. The molecule has 1 aliphatic rings. The van der Waals surface area contributed by atoms with Gasteiger partial charge in [-0.3, -0.25) is 9.69 Å². The molecule has 1 aromatic rings. The van der Waals surface area contributed by atoms with E-state index in [1.54, 1.807) is 0 Å². The number of carbonyl (C=O) groups excluding carboxylic acids is 1. The SMILES string of the molecule is CNC1CCCN(CC(=O)NCCOc2c(C)cccc2C)C1.Cl. The minimum atomic E-state index is 0. The van der Waals surface area contributed by atoms with Crippen LogP contribution in [0.3, 0.4) is 0 Å². The van der Waals surface area contributed by atoms with E-state index < -0.39 is 0 Å². The lowest BCUT2D eigenvalue weighted by Gasteiger charge is -2.31. The number of para-hydroxylation sites is 1. The van der Waals surface area contributed by atoms with Crippen molar-refractivity contribution in [3.63, 3.8) is 0 Å². The molecule has 1 atom stereocenters. The van der Waals surface area contributed by atoms with Gasteiger partial charge < -0.3 is 15.4 Å². The van der Waals surface area contributed by atoms with Gasteiger partial charge >= 0.3 is 0 Å². The predicted octanol–water partition coefficient (Wildman–Crippen LogP) is 1.90. The zero-order valence-electron chi connectivity index (χ0n) is 14.9. The van der Waals surface area contributed by atoms with Crippen molar-refractivity contribution in [1.82, 2.24) is 15.5 Å². The Morgan fingerprint density at radius 1 is 1.33 bits per heavy atom. The summed E-state index contributed by atoms with van der Waals surface area (Å²) in [4.78, 5) is 14.2. The van der Waals surface area contributed by atoms with Crippen molar-refractivity contribution < 1.29 is 9.53 Å². The van der Waals surface area contributed by atoms with Crippen molar-refractivity contribution in [2.75, 3.05) is 39.8 Å². The van der Waals surface area contributed by atoms with Gasteiger partial charge in [0.15, 0.2) is 0 Å². The van der Waals surface area contributed by atoms with Gasteiger partial charge in [-0.15, -0.1) is 12.4 Å². The average molecular weight is 356 g/mol. The standard InChI is InChI=1S/C18H29N3O2.ClH/c1-14-6-4-7-15(2)18(14)23-11-9-20-17(22)13-21-10-5-8-16(12-21)19-3;/h4,6-7,16,19H,5,8-13H2,1-3H3,(H,20,22);1H. The summed E-state index contributed by atoms with van der Waals surface area (Å²) >= 11 is 0. The zero-order chi connectivity index (χ0) is 16.7. The van der Waals surface area contributed by atoms with Crippen molar-refractivity contribution in [2.24, 2.45) is 0 Å². The van der Waals surface area contributed by atoms with Gasteiger partial charge in [0.25, 0.3) is 0 Å². The third kappa shape index (κ3) is 6.30. The fourth-order valence-electron chi connectivity index (χ4n) is 3.06. The first-order valence-corrected chi connectivity index (χ1v) is 8.45. The molecule has 0 bridgehead atoms. The van der Waals surface area contributed by atoms with Crippen LogP contribution in [0.1, 0.15) is 24.0 Å². The quantitative estimate of drug-likeness (QED) is 0.733. The molecule has 0 aliphatic carbocycles. The van der Waals surface area contributed by atoms with E-state index in [0.29, 0.717) is 25.7 Å². The Hall–Kier alpha value is -1.30. The van der Waals surface area contributed by atoms with Gasteiger partial charge in [0.05, 0.1) is 13.1 Å². The van der Waals surface area contributed by atoms with Crippen LogP contribution >= 0.6 is 12.4 Å². The van der Waals surface area contributed by atoms with Crippen LogP contribution in [-0.4, -0.2) is 56.7 Å². The molecule has 1 aromatic carbocycles. The number of aryl methyl sites for hydroxylation is 2. The Kier molecular flexibility index (Phi) is 9.11. The second-order valence-corrected chi connectivity index (χ2v) is 6.28. The molecule has 2 N–H and O–H groups in total. The number of hydrogen-bond donors (Lipinski definition) is 2. The van der Waals surface area contributed by atoms with Crippen molar-refractivity contribution in [3.8, 4) is 5.75 Å². The fraction of sp³-hybridized carbons (Fsp3) is 0.611. The molecule has 6 heteroatoms. The summed E-state index contributed by atoms with van der Waals surface area (Å²) in [6.07, 6.45) is 2.34. The van der Waals surface area contributed by atoms with Crippen LogP contribution in [0.2, 0.25) is 0 Å². The van der Waals surface area contributed by atoms with E-state index in [1.165, 1.54) is 6.42 Å². The monoisotopic (exact) mass is 355 g/mol. The minimum Gasteiger partial charge on any atom is -0.491 e. The largest absolute Gasteiger partial charge is 0.491 e. The highest BCUT2D eigenvalue weighted by molar-refractivity contribution is 5.85. The molecule has 5 nitrogen and oxygen atoms in total. The first-order chi connectivity index (χ1) is 11.1. The number of hydrogen-bond acceptors (Lipinski definition) is 4. The van der Waals surface area contributed by atoms with Crippen LogP contribution in [-0.2, 0) is 4.79 Å². The van der Waals surface area contributed by atoms with E-state index in [-0.39, 0.29) is 18.3 Å². The summed E-state index contributed by atoms with van der Waals surface area (Å²) in [7, 11) is 1.99. The number of amides is 1. The maximum absolute atomic E-state index is 12.0. The summed E-state index contributed by atoms with van der Waals surface area (Å²) in [5.74, 6) is 1.00. The Morgan fingerprint density at radius 2 is 2.04 bits per heavy atom. The van der Waals surface area contributed by atoms with Gasteiger partial charge in [0, 0.05) is 12.6 Å². The molecular formula is C18H30ClN3O2. The number of likely N-dealkylation sites (N-methyl/N-ethyl adjacent to an activating group) is 1. The van der Waals surface area contributed by atoms with Crippen LogP contribution in [0.25, 0.3) is 0 Å². The number of nitrogens with one attached hydrogen (secondary N) is 2. The maximum Gasteiger partial charge on any atom is 0.234 e. The Labute approximate surface area is 151 Å². The van der Waals surface area contributed by atoms with Crippen molar-refractivity contribution in [2.45, 2.75) is 32.7 Å². The van der Waals surface area contributed by atoms with Crippen LogP contribution in [0, 0.1) is 13.8 Å². The Bertz CT molecular complexity index is 505. The number of rotatable bonds is 7. The zero-order valence-corrected chi connectivity index (χ0v) is 15.7. The van der Waals surface area contributed by atoms with Gasteiger partial charge in [-0.1, -0.05) is 18.2 Å². The van der Waals surface area contributed by atoms with E-state index >= 15 is 0 Å². The molecule has 24 heavy (non-hydrogen) atoms. The molecule has 0 spiro atoms. The second-order valence-electron chi connectivity index (χ2n) is 6.28. The molecule has 1 amide bonds. The molecule has 0 radical (unpaired) electrons. The lowest BCUT2D eigenvalue weighted by atomic mass is 10.1. The van der Waals surface area contributed by atoms with Crippen molar-refractivity contribution in [3.05, 3.63) is 29.3 Å². The maximum atomic E-state index is 12.0. The topological polar surface area (TPSA) is 53.6 Å². The summed E-state index contributed by atoms with van der Waals surface area (Å²) in [5, 5.41) is 6.24. The van der Waals surface area contributed by atoms with Crippen LogP contribution < -0.4 is 15.4 Å². The van der Waals surface area contributed by atoms with E-state index in [1.807, 2.05) is 39.1 Å². The van der Waals surface area contributed by atoms with Crippen LogP contribution in [0.15, 0.2) is 18.2 Å². The number of likely N-dealkylation sites (tertiary alicyclic amines) is 1. The number of piperidine rings is 1. The third-order valence-electron chi connectivity index (χ3n) is 4.36. The summed E-state index contributed by atoms with van der Waals surface area (Å²) in [6, 6.07) is 6.60. The minimum absolute atomic E-state index is 0. The highest BCUT2D eigenvalue weighted by Crippen LogP contribution is 2.21. The van der Waals surface area contributed by atoms with Gasteiger partial charge in [-0.2, -0.15) is 0 Å². The highest BCUT2D eigenvalue weighted by Gasteiger charge is 2.19. The lowest BCUT2D eigenvalue weighted by molar-refractivity contribution is -0.122. The highest BCUT2D eigenvalue weighted by atomic mass is 35.5. The molecule has 1 aliphatic heterocycles. The molecule has 1 saturated heterocycles. The Balaban J connectivity index is 0.00000288. The average Bonchev–Trinajstić information content (AvgIpc) is 2.54. The van der Waals surface area contributed by atoms with Crippen LogP contribution in [0.5, 0.6) is 5.75 Å². The second kappa shape index (κ2) is 10.5. The van der Waals surface area contributed by atoms with Crippen molar-refractivity contribution >= 4 is 18.3 Å². The van der Waals surface area contributed by atoms with Gasteiger partial charge in [0.2, 0.25) is 5.91 Å². The van der Waals surface area contributed by atoms with Gasteiger partial charge in [0.1, 0.15) is 12.4 Å². The summed E-state index contributed by atoms with van der Waals surface area (Å²) < 4.78 is 5.80. The molecule has 0 saturated carbocycles. The van der Waals surface area contributed by atoms with E-state index in [9.17, 15) is 4.79 Å². The van der Waals surface area contributed by atoms with E-state index in [4.69, 9.17) is 4.74 Å². The normalized spacial score (nSPS) is 17.9. The summed E-state index contributed by atoms with van der Waals surface area (Å²) in [5.41, 5.74) is 2.26. The van der Waals surface area contributed by atoms with Gasteiger partial charge in [-0.25, -0.2) is 0 Å². The number of nitrogens with zero attached hydrogens (tertiary/aromatic N) is 1. The molecule has 136 valence electrons. The lowest BCUT2D eigenvalue weighted by Crippen LogP contribution is -2.48. The van der Waals surface area contributed by atoms with E-state index in [2.05, 4.69) is 15.5 Å². The molecule has 0 aromatic heterocycles. The first-order valence-electron chi connectivity index (χ1n) is 8.45. The van der Waals surface area contributed by atoms with Crippen molar-refractivity contribution in [1.29, 1.82) is 0 Å². The number of ether oxygens (including phenoxy) is 1. The first kappa shape index (κ1) is 20.7. The third-order valence-corrected chi connectivity index (χ3v) is 4.36. The number of benzene rings is 1. The number of carbonyl (C=O) groups is 1. The smallest absolute Gasteiger partial charge is 0.234 e. The molecule has 1 heterocycles. The molecular weight excluding hydrogens is 326 g/mol.